The predicted octanol–water partition coefficient (Wildman–Crippen LogP) is 0.808. The highest BCUT2D eigenvalue weighted by atomic mass is 16.2. The molecule has 1 N–H and O–H groups in total. The van der Waals surface area contributed by atoms with Gasteiger partial charge in [0, 0.05) is 18.8 Å². The number of aromatic nitrogens is 2. The summed E-state index contributed by atoms with van der Waals surface area (Å²) >= 11 is 0. The zero-order chi connectivity index (χ0) is 10.6. The number of Topliss-reactive ketones (excluding diaryl/α,β-unsaturated/α-hetero) is 1. The predicted molar refractivity (Wildman–Crippen MR) is 50.9 cm³/mol. The zero-order valence-electron chi connectivity index (χ0n) is 8.23. The van der Waals surface area contributed by atoms with Gasteiger partial charge in [0.2, 0.25) is 0 Å². The second-order valence-corrected chi connectivity index (χ2v) is 2.96. The lowest BCUT2D eigenvalue weighted by Crippen LogP contribution is -2.40. The molecule has 0 saturated carbocycles. The molecule has 1 heterocycles. The first-order chi connectivity index (χ1) is 6.65. The van der Waals surface area contributed by atoms with E-state index in [9.17, 15) is 9.59 Å². The van der Waals surface area contributed by atoms with Crippen LogP contribution >= 0.6 is 0 Å². The molecule has 1 aromatic rings. The summed E-state index contributed by atoms with van der Waals surface area (Å²) in [6, 6.07) is -0.785. The summed E-state index contributed by atoms with van der Waals surface area (Å²) in [5.74, 6) is 0.0125. The molecule has 0 fully saturated rings. The summed E-state index contributed by atoms with van der Waals surface area (Å²) in [4.78, 5) is 26.3. The van der Waals surface area contributed by atoms with Crippen molar-refractivity contribution in [1.82, 2.24) is 14.9 Å². The van der Waals surface area contributed by atoms with Crippen LogP contribution in [-0.2, 0) is 4.79 Å². The Morgan fingerprint density at radius 2 is 2.29 bits per heavy atom. The molecule has 0 radical (unpaired) electrons. The van der Waals surface area contributed by atoms with Gasteiger partial charge in [-0.15, -0.1) is 0 Å². The lowest BCUT2D eigenvalue weighted by molar-refractivity contribution is -0.120. The van der Waals surface area contributed by atoms with Crippen molar-refractivity contribution in [2.75, 3.05) is 0 Å². The molecule has 1 atom stereocenters. The Balaban J connectivity index is 2.53. The average Bonchev–Trinajstić information content (AvgIpc) is 2.69. The van der Waals surface area contributed by atoms with Crippen LogP contribution in [0.3, 0.4) is 0 Å². The number of ketones is 1. The van der Waals surface area contributed by atoms with Crippen LogP contribution in [0.1, 0.15) is 20.3 Å². The van der Waals surface area contributed by atoms with Crippen LogP contribution in [0.25, 0.3) is 0 Å². The maximum atomic E-state index is 11.4. The molecule has 1 rings (SSSR count). The van der Waals surface area contributed by atoms with Crippen LogP contribution in [0.15, 0.2) is 18.7 Å². The summed E-state index contributed by atoms with van der Waals surface area (Å²) in [5, 5.41) is 2.57. The van der Waals surface area contributed by atoms with E-state index in [2.05, 4.69) is 10.3 Å². The summed E-state index contributed by atoms with van der Waals surface area (Å²) in [6.45, 7) is 3.43. The number of rotatable bonds is 3. The number of nitrogens with zero attached hydrogens (tertiary/aromatic N) is 2. The number of amides is 1. The first kappa shape index (κ1) is 10.4. The number of imidazole rings is 1. The van der Waals surface area contributed by atoms with Crippen LogP contribution < -0.4 is 5.32 Å². The normalized spacial score (nSPS) is 12.1. The van der Waals surface area contributed by atoms with E-state index in [0.29, 0.717) is 6.42 Å². The molecule has 0 aliphatic heterocycles. The number of carbonyl (C=O) groups excluding carboxylic acids is 2. The van der Waals surface area contributed by atoms with Crippen molar-refractivity contribution < 1.29 is 9.59 Å². The topological polar surface area (TPSA) is 64.0 Å². The molecule has 5 nitrogen and oxygen atoms in total. The van der Waals surface area contributed by atoms with Crippen molar-refractivity contribution in [1.29, 1.82) is 0 Å². The van der Waals surface area contributed by atoms with E-state index in [0.717, 1.165) is 0 Å². The van der Waals surface area contributed by atoms with E-state index >= 15 is 0 Å². The van der Waals surface area contributed by atoms with Crippen molar-refractivity contribution in [3.63, 3.8) is 0 Å². The van der Waals surface area contributed by atoms with Crippen molar-refractivity contribution in [3.8, 4) is 0 Å². The SMILES string of the molecule is CCC(=O)C(C)NC(=O)n1ccnc1. The Kier molecular flexibility index (Phi) is 3.39. The Morgan fingerprint density at radius 1 is 1.57 bits per heavy atom. The second kappa shape index (κ2) is 4.55. The summed E-state index contributed by atoms with van der Waals surface area (Å²) in [5.41, 5.74) is 0. The van der Waals surface area contributed by atoms with Gasteiger partial charge >= 0.3 is 6.03 Å². The van der Waals surface area contributed by atoms with E-state index in [1.54, 1.807) is 13.8 Å². The molecule has 0 aliphatic carbocycles. The van der Waals surface area contributed by atoms with Gasteiger partial charge in [-0.3, -0.25) is 9.36 Å². The third-order valence-electron chi connectivity index (χ3n) is 1.91. The quantitative estimate of drug-likeness (QED) is 0.776. The highest BCUT2D eigenvalue weighted by Crippen LogP contribution is 1.92. The molecule has 76 valence electrons. The maximum Gasteiger partial charge on any atom is 0.327 e. The van der Waals surface area contributed by atoms with Gasteiger partial charge in [-0.25, -0.2) is 9.78 Å². The standard InChI is InChI=1S/C9H13N3O2/c1-3-8(13)7(2)11-9(14)12-5-4-10-6-12/h4-7H,3H2,1-2H3,(H,11,14). The fourth-order valence-electron chi connectivity index (χ4n) is 1.03. The van der Waals surface area contributed by atoms with Gasteiger partial charge in [0.05, 0.1) is 6.04 Å². The third kappa shape index (κ3) is 2.42. The van der Waals surface area contributed by atoms with Crippen LogP contribution in [0.4, 0.5) is 4.79 Å². The monoisotopic (exact) mass is 195 g/mol. The number of nitrogens with one attached hydrogen (secondary N) is 1. The van der Waals surface area contributed by atoms with Gasteiger partial charge in [-0.1, -0.05) is 6.92 Å². The van der Waals surface area contributed by atoms with E-state index in [4.69, 9.17) is 0 Å². The van der Waals surface area contributed by atoms with Gasteiger partial charge in [-0.2, -0.15) is 0 Å². The van der Waals surface area contributed by atoms with Gasteiger partial charge in [0.25, 0.3) is 0 Å². The van der Waals surface area contributed by atoms with Gasteiger partial charge in [-0.05, 0) is 6.92 Å². The molecule has 1 aromatic heterocycles. The first-order valence-electron chi connectivity index (χ1n) is 4.46. The summed E-state index contributed by atoms with van der Waals surface area (Å²) in [6.07, 6.45) is 4.84. The minimum atomic E-state index is -0.449. The number of hydrogen-bond donors (Lipinski definition) is 1. The van der Waals surface area contributed by atoms with E-state index in [1.807, 2.05) is 0 Å². The lowest BCUT2D eigenvalue weighted by atomic mass is 10.2. The number of carbonyl (C=O) groups is 2. The van der Waals surface area contributed by atoms with Crippen LogP contribution in [0.5, 0.6) is 0 Å². The summed E-state index contributed by atoms with van der Waals surface area (Å²) < 4.78 is 1.29. The zero-order valence-corrected chi connectivity index (χ0v) is 8.23. The fraction of sp³-hybridized carbons (Fsp3) is 0.444. The van der Waals surface area contributed by atoms with Crippen LogP contribution in [0.2, 0.25) is 0 Å². The molecular formula is C9H13N3O2. The molecule has 0 saturated heterocycles. The molecule has 1 unspecified atom stereocenters. The van der Waals surface area contributed by atoms with E-state index in [1.165, 1.54) is 23.3 Å². The molecule has 5 heteroatoms. The van der Waals surface area contributed by atoms with E-state index < -0.39 is 6.04 Å². The molecule has 14 heavy (non-hydrogen) atoms. The molecule has 0 aromatic carbocycles. The van der Waals surface area contributed by atoms with Crippen molar-refractivity contribution in [2.45, 2.75) is 26.3 Å². The van der Waals surface area contributed by atoms with Gasteiger partial charge in [0.1, 0.15) is 6.33 Å². The highest BCUT2D eigenvalue weighted by Gasteiger charge is 2.13. The van der Waals surface area contributed by atoms with Gasteiger partial charge < -0.3 is 5.32 Å². The first-order valence-corrected chi connectivity index (χ1v) is 4.46. The molecule has 0 aliphatic rings. The smallest absolute Gasteiger partial charge is 0.327 e. The Bertz CT molecular complexity index is 319. The van der Waals surface area contributed by atoms with E-state index in [-0.39, 0.29) is 11.8 Å². The Hall–Kier alpha value is -1.65. The molecule has 1 amide bonds. The second-order valence-electron chi connectivity index (χ2n) is 2.96. The van der Waals surface area contributed by atoms with Crippen molar-refractivity contribution in [3.05, 3.63) is 18.7 Å². The lowest BCUT2D eigenvalue weighted by Gasteiger charge is -2.11. The average molecular weight is 195 g/mol. The van der Waals surface area contributed by atoms with Gasteiger partial charge in [0.15, 0.2) is 5.78 Å². The minimum Gasteiger partial charge on any atom is -0.328 e. The third-order valence-corrected chi connectivity index (χ3v) is 1.91. The van der Waals surface area contributed by atoms with Crippen molar-refractivity contribution in [2.24, 2.45) is 0 Å². The molecule has 0 bridgehead atoms. The maximum absolute atomic E-state index is 11.4. The minimum absolute atomic E-state index is 0.0125. The van der Waals surface area contributed by atoms with Crippen molar-refractivity contribution >= 4 is 11.8 Å². The number of hydrogen-bond acceptors (Lipinski definition) is 3. The Morgan fingerprint density at radius 3 is 2.79 bits per heavy atom. The Labute approximate surface area is 82.1 Å². The fourth-order valence-corrected chi connectivity index (χ4v) is 1.03. The highest BCUT2D eigenvalue weighted by molar-refractivity contribution is 5.88. The van der Waals surface area contributed by atoms with Crippen LogP contribution in [-0.4, -0.2) is 27.4 Å². The largest absolute Gasteiger partial charge is 0.328 e. The van der Waals surface area contributed by atoms with Crippen LogP contribution in [0, 0.1) is 0 Å². The molecular weight excluding hydrogens is 182 g/mol. The molecule has 0 spiro atoms. The summed E-state index contributed by atoms with van der Waals surface area (Å²) in [7, 11) is 0.